The van der Waals surface area contributed by atoms with Crippen LogP contribution in [0, 0.1) is 5.92 Å². The molecule has 1 aromatic heterocycles. The Balaban J connectivity index is 1.84. The van der Waals surface area contributed by atoms with Crippen molar-refractivity contribution in [3.8, 4) is 0 Å². The summed E-state index contributed by atoms with van der Waals surface area (Å²) in [4.78, 5) is 13.0. The van der Waals surface area contributed by atoms with Crippen LogP contribution in [0.3, 0.4) is 0 Å². The number of aromatic nitrogens is 3. The minimum Gasteiger partial charge on any atom is -0.394 e. The summed E-state index contributed by atoms with van der Waals surface area (Å²) < 4.78 is 25.8. The van der Waals surface area contributed by atoms with Crippen LogP contribution in [0.2, 0.25) is 0 Å². The SMILES string of the molecule is CC(C)C[C@H](CO)Nc1nc(CC(C)c2cccc(C3(O)CC3)c2)nc(NS(C)(=O)=O)n1. The number of benzene rings is 1. The third-order valence-electron chi connectivity index (χ3n) is 5.47. The van der Waals surface area contributed by atoms with Gasteiger partial charge in [0.2, 0.25) is 21.9 Å². The average Bonchev–Trinajstić information content (AvgIpc) is 3.44. The van der Waals surface area contributed by atoms with Crippen molar-refractivity contribution in [2.45, 2.75) is 64.0 Å². The first kappa shape index (κ1) is 24.3. The minimum absolute atomic E-state index is 0.0305. The van der Waals surface area contributed by atoms with Crippen LogP contribution in [-0.4, -0.2) is 52.5 Å². The summed E-state index contributed by atoms with van der Waals surface area (Å²) in [6.07, 6.45) is 3.74. The van der Waals surface area contributed by atoms with Crippen molar-refractivity contribution in [1.29, 1.82) is 0 Å². The molecule has 0 aliphatic heterocycles. The Morgan fingerprint density at radius 2 is 1.81 bits per heavy atom. The van der Waals surface area contributed by atoms with Crippen LogP contribution >= 0.6 is 0 Å². The van der Waals surface area contributed by atoms with E-state index in [9.17, 15) is 18.6 Å². The van der Waals surface area contributed by atoms with Crippen molar-refractivity contribution < 1.29 is 18.6 Å². The first-order chi connectivity index (χ1) is 15.0. The van der Waals surface area contributed by atoms with E-state index in [1.165, 1.54) is 0 Å². The van der Waals surface area contributed by atoms with Gasteiger partial charge in [-0.05, 0) is 42.2 Å². The Morgan fingerprint density at radius 3 is 2.41 bits per heavy atom. The van der Waals surface area contributed by atoms with Gasteiger partial charge in [-0.25, -0.2) is 8.42 Å². The van der Waals surface area contributed by atoms with Gasteiger partial charge in [0.05, 0.1) is 24.5 Å². The van der Waals surface area contributed by atoms with Gasteiger partial charge in [-0.15, -0.1) is 0 Å². The van der Waals surface area contributed by atoms with Crippen LogP contribution in [0.25, 0.3) is 0 Å². The highest BCUT2D eigenvalue weighted by Crippen LogP contribution is 2.45. The number of hydrogen-bond acceptors (Lipinski definition) is 8. The summed E-state index contributed by atoms with van der Waals surface area (Å²) in [5, 5.41) is 23.2. The Hall–Kier alpha value is -2.30. The van der Waals surface area contributed by atoms with E-state index in [1.54, 1.807) is 0 Å². The quantitative estimate of drug-likeness (QED) is 0.399. The molecule has 1 fully saturated rings. The second-order valence-corrected chi connectivity index (χ2v) is 10.9. The molecule has 1 saturated carbocycles. The summed E-state index contributed by atoms with van der Waals surface area (Å²) >= 11 is 0. The zero-order chi connectivity index (χ0) is 23.5. The first-order valence-electron chi connectivity index (χ1n) is 10.9. The molecule has 9 nitrogen and oxygen atoms in total. The summed E-state index contributed by atoms with van der Waals surface area (Å²) in [6, 6.07) is 7.63. The molecule has 4 N–H and O–H groups in total. The zero-order valence-corrected chi connectivity index (χ0v) is 19.9. The van der Waals surface area contributed by atoms with Crippen molar-refractivity contribution in [2.75, 3.05) is 22.9 Å². The summed E-state index contributed by atoms with van der Waals surface area (Å²) in [6.45, 7) is 6.04. The number of aliphatic hydroxyl groups excluding tert-OH is 1. The van der Waals surface area contributed by atoms with E-state index >= 15 is 0 Å². The van der Waals surface area contributed by atoms with E-state index in [1.807, 2.05) is 45.0 Å². The fourth-order valence-electron chi connectivity index (χ4n) is 3.65. The predicted molar refractivity (Wildman–Crippen MR) is 124 cm³/mol. The molecule has 32 heavy (non-hydrogen) atoms. The highest BCUT2D eigenvalue weighted by molar-refractivity contribution is 7.91. The molecule has 0 saturated heterocycles. The number of nitrogens with one attached hydrogen (secondary N) is 2. The third-order valence-corrected chi connectivity index (χ3v) is 6.03. The van der Waals surface area contributed by atoms with Crippen LogP contribution in [-0.2, 0) is 22.0 Å². The van der Waals surface area contributed by atoms with E-state index < -0.39 is 15.6 Å². The summed E-state index contributed by atoms with van der Waals surface area (Å²) in [7, 11) is -3.57. The number of rotatable bonds is 11. The molecule has 0 bridgehead atoms. The van der Waals surface area contributed by atoms with E-state index in [0.29, 0.717) is 24.6 Å². The van der Waals surface area contributed by atoms with Gasteiger partial charge in [0, 0.05) is 6.42 Å². The predicted octanol–water partition coefficient (Wildman–Crippen LogP) is 2.39. The number of nitrogens with zero attached hydrogens (tertiary/aromatic N) is 3. The molecule has 1 aromatic carbocycles. The van der Waals surface area contributed by atoms with Gasteiger partial charge in [0.25, 0.3) is 0 Å². The van der Waals surface area contributed by atoms with Crippen molar-refractivity contribution in [1.82, 2.24) is 15.0 Å². The normalized spacial score (nSPS) is 17.1. The van der Waals surface area contributed by atoms with Gasteiger partial charge in [0.15, 0.2) is 0 Å². The molecule has 2 atom stereocenters. The number of hydrogen-bond donors (Lipinski definition) is 4. The second kappa shape index (κ2) is 9.68. The molecule has 1 aliphatic rings. The van der Waals surface area contributed by atoms with Crippen molar-refractivity contribution >= 4 is 21.9 Å². The molecule has 0 spiro atoms. The lowest BCUT2D eigenvalue weighted by molar-refractivity contribution is 0.151. The molecule has 0 amide bonds. The largest absolute Gasteiger partial charge is 0.394 e. The van der Waals surface area contributed by atoms with Crippen LogP contribution in [0.15, 0.2) is 24.3 Å². The smallest absolute Gasteiger partial charge is 0.241 e. The second-order valence-electron chi connectivity index (χ2n) is 9.19. The Kier molecular flexibility index (Phi) is 7.36. The van der Waals surface area contributed by atoms with Crippen molar-refractivity contribution in [2.24, 2.45) is 5.92 Å². The topological polar surface area (TPSA) is 137 Å². The Labute approximate surface area is 189 Å². The van der Waals surface area contributed by atoms with Gasteiger partial charge in [-0.3, -0.25) is 4.72 Å². The molecule has 0 radical (unpaired) electrons. The van der Waals surface area contributed by atoms with Crippen LogP contribution in [0.4, 0.5) is 11.9 Å². The Bertz CT molecular complexity index is 1040. The molecule has 10 heteroatoms. The molecular formula is C22H33N5O4S. The Morgan fingerprint density at radius 1 is 1.12 bits per heavy atom. The maximum absolute atomic E-state index is 11.7. The van der Waals surface area contributed by atoms with E-state index in [-0.39, 0.29) is 30.5 Å². The summed E-state index contributed by atoms with van der Waals surface area (Å²) in [5.41, 5.74) is 1.25. The minimum atomic E-state index is -3.57. The molecule has 176 valence electrons. The van der Waals surface area contributed by atoms with Crippen LogP contribution < -0.4 is 10.0 Å². The maximum Gasteiger partial charge on any atom is 0.241 e. The van der Waals surface area contributed by atoms with Gasteiger partial charge >= 0.3 is 0 Å². The molecule has 1 heterocycles. The third kappa shape index (κ3) is 6.85. The molecular weight excluding hydrogens is 430 g/mol. The average molecular weight is 464 g/mol. The zero-order valence-electron chi connectivity index (χ0n) is 19.0. The monoisotopic (exact) mass is 463 g/mol. The lowest BCUT2D eigenvalue weighted by Gasteiger charge is -2.19. The summed E-state index contributed by atoms with van der Waals surface area (Å²) in [5.74, 6) is 0.965. The lowest BCUT2D eigenvalue weighted by Crippen LogP contribution is -2.27. The standard InChI is InChI=1S/C22H33N5O4S/c1-14(2)10-18(13-28)23-20-24-19(25-21(26-20)27-32(4,30)31)11-15(3)16-6-5-7-17(12-16)22(29)8-9-22/h5-7,12,14-15,18,28-29H,8-11,13H2,1-4H3,(H2,23,24,25,26,27)/t15?,18-/m1/s1. The fraction of sp³-hybridized carbons (Fsp3) is 0.591. The number of aliphatic hydroxyl groups is 2. The highest BCUT2D eigenvalue weighted by Gasteiger charge is 2.42. The van der Waals surface area contributed by atoms with Gasteiger partial charge in [0.1, 0.15) is 5.82 Å². The van der Waals surface area contributed by atoms with E-state index in [0.717, 1.165) is 30.2 Å². The molecule has 2 aromatic rings. The van der Waals surface area contributed by atoms with Crippen molar-refractivity contribution in [3.63, 3.8) is 0 Å². The first-order valence-corrected chi connectivity index (χ1v) is 12.8. The molecule has 3 rings (SSSR count). The number of sulfonamides is 1. The maximum atomic E-state index is 11.7. The fourth-order valence-corrected chi connectivity index (χ4v) is 4.07. The van der Waals surface area contributed by atoms with Crippen LogP contribution in [0.1, 0.15) is 62.9 Å². The van der Waals surface area contributed by atoms with Crippen LogP contribution in [0.5, 0.6) is 0 Å². The lowest BCUT2D eigenvalue weighted by atomic mass is 9.94. The molecule has 1 unspecified atom stereocenters. The highest BCUT2D eigenvalue weighted by atomic mass is 32.2. The van der Waals surface area contributed by atoms with Gasteiger partial charge in [-0.2, -0.15) is 15.0 Å². The van der Waals surface area contributed by atoms with Crippen molar-refractivity contribution in [3.05, 3.63) is 41.2 Å². The van der Waals surface area contributed by atoms with Gasteiger partial charge < -0.3 is 15.5 Å². The number of anilines is 2. The van der Waals surface area contributed by atoms with Gasteiger partial charge in [-0.1, -0.05) is 45.0 Å². The van der Waals surface area contributed by atoms with E-state index in [4.69, 9.17) is 0 Å². The van der Waals surface area contributed by atoms with E-state index in [2.05, 4.69) is 25.0 Å². The molecule has 1 aliphatic carbocycles.